The topological polar surface area (TPSA) is 90.9 Å². The van der Waals surface area contributed by atoms with Crippen molar-refractivity contribution in [1.82, 2.24) is 0 Å². The second kappa shape index (κ2) is 18.4. The molecule has 2 aromatic carbocycles. The molecule has 0 spiro atoms. The van der Waals surface area contributed by atoms with Crippen molar-refractivity contribution in [2.45, 2.75) is 159 Å². The van der Waals surface area contributed by atoms with Gasteiger partial charge in [0.25, 0.3) is 0 Å². The number of benzene rings is 2. The second-order valence-electron chi connectivity index (χ2n) is 18.0. The van der Waals surface area contributed by atoms with Crippen LogP contribution in [0.2, 0.25) is 0 Å². The Hall–Kier alpha value is -1.45. The Morgan fingerprint density at radius 1 is 0.482 bits per heavy atom. The first-order chi connectivity index (χ1) is 25.9. The van der Waals surface area contributed by atoms with Crippen LogP contribution >= 0.6 is 47.0 Å². The van der Waals surface area contributed by atoms with E-state index in [4.69, 9.17) is 37.9 Å². The maximum absolute atomic E-state index is 15.7. The van der Waals surface area contributed by atoms with Crippen LogP contribution in [-0.2, 0) is 18.9 Å². The summed E-state index contributed by atoms with van der Waals surface area (Å²) in [5.41, 5.74) is -0.267. The summed E-state index contributed by atoms with van der Waals surface area (Å²) in [4.78, 5) is 19.3. The third-order valence-electron chi connectivity index (χ3n) is 8.87. The molecule has 0 unspecified atom stereocenters. The van der Waals surface area contributed by atoms with Crippen LogP contribution in [0.4, 0.5) is 0 Å². The van der Waals surface area contributed by atoms with Gasteiger partial charge in [-0.3, -0.25) is 4.79 Å². The van der Waals surface area contributed by atoms with E-state index in [1.54, 1.807) is 75.5 Å². The highest BCUT2D eigenvalue weighted by molar-refractivity contribution is 8.21. The molecule has 2 aliphatic heterocycles. The fraction of sp³-hybridized carbons (Fsp3) is 0.698. The molecule has 2 heterocycles. The molecule has 0 atom stereocenters. The van der Waals surface area contributed by atoms with E-state index in [-0.39, 0.29) is 36.3 Å². The Morgan fingerprint density at radius 2 is 0.768 bits per heavy atom. The highest BCUT2D eigenvalue weighted by Crippen LogP contribution is 2.65. The number of hydrogen-bond donors (Lipinski definition) is 0. The molecule has 4 rings (SSSR count). The number of thioether (sulfide) groups is 4. The molecular formula is C43H66O9S4. The maximum Gasteiger partial charge on any atom is 0.203 e. The standard InChI is InChI=1S/C43H66O9S4/c1-38(2,3)49-21-17-42(18-22-50-39(4,5)6)53-29-25-27(45-13)34(47-15)31(36(29)55-42)33(44)32-35(48-16)28(46-14)26-30-37(32)56-43(54-30,19-23-51-40(7,8)9)20-24-52-41(10,11)12/h25-26H,17-24H2,1-16H3. The number of ether oxygens (including phenoxy) is 8. The predicted molar refractivity (Wildman–Crippen MR) is 233 cm³/mol. The number of carbonyl (C=O) groups is 1. The predicted octanol–water partition coefficient (Wildman–Crippen LogP) is 11.6. The van der Waals surface area contributed by atoms with Crippen LogP contribution < -0.4 is 18.9 Å². The van der Waals surface area contributed by atoms with E-state index in [0.717, 1.165) is 45.3 Å². The molecule has 316 valence electrons. The SMILES string of the molecule is COc1cc2c(c(C(=O)c3c(OC)c(OC)cc4c3SC(CCOC(C)(C)C)(CCOC(C)(C)C)S4)c1OC)SC(CCOC(C)(C)C)(CCOC(C)(C)C)S2. The Labute approximate surface area is 353 Å². The van der Waals surface area contributed by atoms with Crippen LogP contribution in [0.15, 0.2) is 31.7 Å². The highest BCUT2D eigenvalue weighted by atomic mass is 32.2. The number of hydrogen-bond acceptors (Lipinski definition) is 13. The van der Waals surface area contributed by atoms with Crippen molar-refractivity contribution in [1.29, 1.82) is 0 Å². The first kappa shape index (κ1) is 47.2. The lowest BCUT2D eigenvalue weighted by molar-refractivity contribution is -0.0149. The first-order valence-electron chi connectivity index (χ1n) is 19.3. The van der Waals surface area contributed by atoms with E-state index in [0.29, 0.717) is 60.6 Å². The maximum atomic E-state index is 15.7. The smallest absolute Gasteiger partial charge is 0.203 e. The Morgan fingerprint density at radius 3 is 1.00 bits per heavy atom. The summed E-state index contributed by atoms with van der Waals surface area (Å²) >= 11 is 6.89. The molecule has 9 nitrogen and oxygen atoms in total. The molecular weight excluding hydrogens is 789 g/mol. The van der Waals surface area contributed by atoms with Gasteiger partial charge in [0.15, 0.2) is 23.0 Å². The molecule has 56 heavy (non-hydrogen) atoms. The summed E-state index contributed by atoms with van der Waals surface area (Å²) in [5, 5.41) is 0. The molecule has 0 amide bonds. The normalized spacial score (nSPS) is 16.4. The van der Waals surface area contributed by atoms with Crippen LogP contribution in [0.5, 0.6) is 23.0 Å². The fourth-order valence-electron chi connectivity index (χ4n) is 6.32. The Kier molecular flexibility index (Phi) is 15.6. The Bertz CT molecular complexity index is 1520. The summed E-state index contributed by atoms with van der Waals surface area (Å²) in [6.07, 6.45) is 2.95. The summed E-state index contributed by atoms with van der Waals surface area (Å²) < 4.78 is 48.4. The number of ketones is 1. The molecule has 13 heteroatoms. The zero-order valence-corrected chi connectivity index (χ0v) is 39.9. The molecule has 0 aromatic heterocycles. The minimum absolute atomic E-state index is 0.217. The van der Waals surface area contributed by atoms with Crippen LogP contribution in [0, 0.1) is 0 Å². The van der Waals surface area contributed by atoms with E-state index < -0.39 is 0 Å². The molecule has 0 bridgehead atoms. The van der Waals surface area contributed by atoms with Gasteiger partial charge in [-0.05, 0) is 121 Å². The zero-order chi connectivity index (χ0) is 41.9. The van der Waals surface area contributed by atoms with Crippen molar-refractivity contribution < 1.29 is 42.7 Å². The quantitative estimate of drug-likeness (QED) is 0.133. The van der Waals surface area contributed by atoms with Crippen molar-refractivity contribution in [3.05, 3.63) is 23.3 Å². The van der Waals surface area contributed by atoms with E-state index >= 15 is 4.79 Å². The minimum Gasteiger partial charge on any atom is -0.493 e. The van der Waals surface area contributed by atoms with Gasteiger partial charge >= 0.3 is 0 Å². The van der Waals surface area contributed by atoms with Gasteiger partial charge in [-0.2, -0.15) is 0 Å². The monoisotopic (exact) mass is 854 g/mol. The molecule has 0 aliphatic carbocycles. The van der Waals surface area contributed by atoms with Gasteiger partial charge in [0, 0.05) is 46.0 Å². The van der Waals surface area contributed by atoms with Gasteiger partial charge in [-0.15, -0.1) is 47.0 Å². The number of methoxy groups -OCH3 is 4. The second-order valence-corrected chi connectivity index (χ2v) is 24.2. The highest BCUT2D eigenvalue weighted by Gasteiger charge is 2.47. The van der Waals surface area contributed by atoms with Crippen molar-refractivity contribution >= 4 is 52.8 Å². The summed E-state index contributed by atoms with van der Waals surface area (Å²) in [5.74, 6) is 1.53. The van der Waals surface area contributed by atoms with E-state index in [1.165, 1.54) is 0 Å². The Balaban J connectivity index is 1.87. The van der Waals surface area contributed by atoms with Crippen molar-refractivity contribution in [3.8, 4) is 23.0 Å². The number of rotatable bonds is 18. The molecule has 0 N–H and O–H groups in total. The van der Waals surface area contributed by atoms with Crippen LogP contribution in [-0.4, -0.2) is 91.2 Å². The third kappa shape index (κ3) is 12.3. The van der Waals surface area contributed by atoms with Gasteiger partial charge in [-0.1, -0.05) is 0 Å². The fourth-order valence-corrected chi connectivity index (χ4v) is 12.8. The van der Waals surface area contributed by atoms with Crippen LogP contribution in [0.3, 0.4) is 0 Å². The van der Waals surface area contributed by atoms with E-state index in [9.17, 15) is 0 Å². The minimum atomic E-state index is -0.370. The van der Waals surface area contributed by atoms with Gasteiger partial charge < -0.3 is 37.9 Å². The number of carbonyl (C=O) groups excluding carboxylic acids is 1. The van der Waals surface area contributed by atoms with Crippen LogP contribution in [0.1, 0.15) is 125 Å². The van der Waals surface area contributed by atoms with Crippen molar-refractivity contribution in [2.24, 2.45) is 0 Å². The van der Waals surface area contributed by atoms with E-state index in [1.807, 2.05) is 12.1 Å². The molecule has 0 saturated heterocycles. The zero-order valence-electron chi connectivity index (χ0n) is 36.6. The number of fused-ring (bicyclic) bond motifs is 2. The molecule has 0 fully saturated rings. The van der Waals surface area contributed by atoms with Gasteiger partial charge in [0.1, 0.15) is 0 Å². The average molecular weight is 855 g/mol. The van der Waals surface area contributed by atoms with Crippen molar-refractivity contribution in [3.63, 3.8) is 0 Å². The largest absolute Gasteiger partial charge is 0.493 e. The lowest BCUT2D eigenvalue weighted by Crippen LogP contribution is -2.28. The molecule has 0 radical (unpaired) electrons. The van der Waals surface area contributed by atoms with Crippen molar-refractivity contribution in [2.75, 3.05) is 54.9 Å². The molecule has 2 aromatic rings. The third-order valence-corrected chi connectivity index (χ3v) is 15.6. The van der Waals surface area contributed by atoms with Gasteiger partial charge in [0.05, 0.1) is 70.1 Å². The summed E-state index contributed by atoms with van der Waals surface area (Å²) in [6.45, 7) is 27.0. The molecule has 2 aliphatic rings. The van der Waals surface area contributed by atoms with Crippen LogP contribution in [0.25, 0.3) is 0 Å². The van der Waals surface area contributed by atoms with Gasteiger partial charge in [-0.25, -0.2) is 0 Å². The first-order valence-corrected chi connectivity index (χ1v) is 22.6. The summed E-state index contributed by atoms with van der Waals surface area (Å²) in [7, 11) is 6.39. The van der Waals surface area contributed by atoms with E-state index in [2.05, 4.69) is 83.1 Å². The molecule has 0 saturated carbocycles. The average Bonchev–Trinajstić information content (AvgIpc) is 3.61. The summed E-state index contributed by atoms with van der Waals surface area (Å²) in [6, 6.07) is 3.99. The lowest BCUT2D eigenvalue weighted by atomic mass is 10.00. The lowest BCUT2D eigenvalue weighted by Gasteiger charge is -2.31. The van der Waals surface area contributed by atoms with Gasteiger partial charge in [0.2, 0.25) is 5.78 Å².